The quantitative estimate of drug-likeness (QED) is 0.408. The number of carbonyl (C=O) groups is 1. The van der Waals surface area contributed by atoms with Crippen LogP contribution in [0.15, 0.2) is 65.4 Å². The zero-order chi connectivity index (χ0) is 20.4. The van der Waals surface area contributed by atoms with Crippen LogP contribution >= 0.6 is 23.2 Å². The van der Waals surface area contributed by atoms with Crippen molar-refractivity contribution < 1.29 is 14.3 Å². The number of hydrogen-bond acceptors (Lipinski definition) is 4. The molecule has 6 heteroatoms. The molecule has 0 N–H and O–H groups in total. The van der Waals surface area contributed by atoms with E-state index < -0.39 is 22.7 Å². The highest BCUT2D eigenvalue weighted by atomic mass is 35.5. The topological polar surface area (TPSA) is 59.3 Å². The first kappa shape index (κ1) is 20.3. The van der Waals surface area contributed by atoms with E-state index in [0.29, 0.717) is 23.5 Å². The van der Waals surface area contributed by atoms with Crippen LogP contribution in [-0.2, 0) is 9.53 Å². The fourth-order valence-electron chi connectivity index (χ4n) is 3.67. The Morgan fingerprint density at radius 1 is 1.14 bits per heavy atom. The average Bonchev–Trinajstić information content (AvgIpc) is 3.24. The van der Waals surface area contributed by atoms with Crippen LogP contribution in [0.5, 0.6) is 11.5 Å². The summed E-state index contributed by atoms with van der Waals surface area (Å²) in [5.74, 6) is 0.0691. The molecule has 1 aliphatic carbocycles. The molecule has 1 fully saturated rings. The van der Waals surface area contributed by atoms with Crippen LogP contribution in [0.4, 0.5) is 0 Å². The molecule has 1 saturated carbocycles. The molecule has 0 aliphatic heterocycles. The lowest BCUT2D eigenvalue weighted by Crippen LogP contribution is -2.29. The highest BCUT2D eigenvalue weighted by Crippen LogP contribution is 2.70. The normalized spacial score (nSPS) is 20.4. The van der Waals surface area contributed by atoms with Gasteiger partial charge in [0, 0.05) is 0 Å². The van der Waals surface area contributed by atoms with Crippen molar-refractivity contribution in [1.82, 2.24) is 0 Å². The lowest BCUT2D eigenvalue weighted by atomic mass is 9.79. The maximum absolute atomic E-state index is 12.8. The lowest BCUT2D eigenvalue weighted by molar-refractivity contribution is -0.146. The van der Waals surface area contributed by atoms with Gasteiger partial charge in [0.05, 0.1) is 17.4 Å². The number of halogens is 2. The molecule has 2 aromatic carbocycles. The molecular formula is C22H19Cl2NO3. The highest BCUT2D eigenvalue weighted by molar-refractivity contribution is 6.55. The van der Waals surface area contributed by atoms with Crippen molar-refractivity contribution in [3.63, 3.8) is 0 Å². The average molecular weight is 416 g/mol. The molecule has 1 aliphatic rings. The Bertz CT molecular complexity index is 946. The molecule has 1 unspecified atom stereocenters. The number of nitriles is 1. The summed E-state index contributed by atoms with van der Waals surface area (Å²) < 4.78 is 10.9. The molecule has 0 saturated heterocycles. The molecule has 0 radical (unpaired) electrons. The second kappa shape index (κ2) is 7.87. The highest BCUT2D eigenvalue weighted by Gasteiger charge is 2.71. The van der Waals surface area contributed by atoms with Crippen LogP contribution in [0.3, 0.4) is 0 Å². The molecule has 0 spiro atoms. The van der Waals surface area contributed by atoms with Crippen molar-refractivity contribution in [1.29, 1.82) is 5.26 Å². The van der Waals surface area contributed by atoms with Crippen LogP contribution < -0.4 is 4.74 Å². The molecular weight excluding hydrogens is 397 g/mol. The Balaban J connectivity index is 1.92. The Hall–Kier alpha value is -2.48. The van der Waals surface area contributed by atoms with Gasteiger partial charge in [-0.3, -0.25) is 4.79 Å². The van der Waals surface area contributed by atoms with Crippen molar-refractivity contribution in [3.8, 4) is 17.6 Å². The van der Waals surface area contributed by atoms with Gasteiger partial charge in [-0.2, -0.15) is 5.26 Å². The van der Waals surface area contributed by atoms with E-state index in [1.54, 1.807) is 6.07 Å². The van der Waals surface area contributed by atoms with Crippen molar-refractivity contribution >= 4 is 29.2 Å². The maximum Gasteiger partial charge on any atom is 0.319 e. The van der Waals surface area contributed by atoms with Gasteiger partial charge in [-0.15, -0.1) is 0 Å². The molecule has 0 aromatic heterocycles. The van der Waals surface area contributed by atoms with E-state index in [9.17, 15) is 10.1 Å². The van der Waals surface area contributed by atoms with Crippen LogP contribution in [0.25, 0.3) is 0 Å². The molecule has 2 atom stereocenters. The lowest BCUT2D eigenvalue weighted by Gasteiger charge is -2.24. The van der Waals surface area contributed by atoms with Gasteiger partial charge in [0.2, 0.25) is 0 Å². The number of ether oxygens (including phenoxy) is 2. The Morgan fingerprint density at radius 2 is 1.79 bits per heavy atom. The Kier molecular flexibility index (Phi) is 5.69. The number of rotatable bonds is 6. The molecule has 0 bridgehead atoms. The van der Waals surface area contributed by atoms with Gasteiger partial charge in [0.25, 0.3) is 0 Å². The number of carbonyl (C=O) groups excluding carboxylic acids is 1. The summed E-state index contributed by atoms with van der Waals surface area (Å²) >= 11 is 11.1. The van der Waals surface area contributed by atoms with E-state index in [1.807, 2.05) is 62.4 Å². The number of hydrogen-bond donors (Lipinski definition) is 0. The van der Waals surface area contributed by atoms with Crippen molar-refractivity contribution in [2.24, 2.45) is 10.8 Å². The van der Waals surface area contributed by atoms with Gasteiger partial charge < -0.3 is 9.47 Å². The van der Waals surface area contributed by atoms with Gasteiger partial charge in [-0.05, 0) is 41.7 Å². The zero-order valence-corrected chi connectivity index (χ0v) is 17.0. The van der Waals surface area contributed by atoms with Crippen LogP contribution in [-0.4, -0.2) is 5.97 Å². The largest absolute Gasteiger partial charge is 0.457 e. The smallest absolute Gasteiger partial charge is 0.319 e. The molecule has 28 heavy (non-hydrogen) atoms. The van der Waals surface area contributed by atoms with Crippen LogP contribution in [0.2, 0.25) is 0 Å². The SMILES string of the molecule is CC1(C)C[C@@]1(C(=O)OC=C(Cl)Cl)C(C#N)c1cccc(Oc2ccccc2)c1. The Morgan fingerprint density at radius 3 is 2.36 bits per heavy atom. The van der Waals surface area contributed by atoms with E-state index in [1.165, 1.54) is 0 Å². The first-order valence-corrected chi connectivity index (χ1v) is 9.50. The third-order valence-electron chi connectivity index (χ3n) is 5.21. The van der Waals surface area contributed by atoms with E-state index >= 15 is 0 Å². The summed E-state index contributed by atoms with van der Waals surface area (Å²) in [6.45, 7) is 3.88. The minimum absolute atomic E-state index is 0.159. The van der Waals surface area contributed by atoms with E-state index in [-0.39, 0.29) is 4.49 Å². The molecule has 2 aromatic rings. The predicted octanol–water partition coefficient (Wildman–Crippen LogP) is 6.32. The first-order valence-electron chi connectivity index (χ1n) is 8.75. The summed E-state index contributed by atoms with van der Waals surface area (Å²) in [6.07, 6.45) is 1.51. The maximum atomic E-state index is 12.8. The number of esters is 1. The van der Waals surface area contributed by atoms with Crippen molar-refractivity contribution in [2.75, 3.05) is 0 Å². The summed E-state index contributed by atoms with van der Waals surface area (Å²) in [5, 5.41) is 9.93. The number of nitrogens with zero attached hydrogens (tertiary/aromatic N) is 1. The second-order valence-corrected chi connectivity index (χ2v) is 8.40. The zero-order valence-electron chi connectivity index (χ0n) is 15.5. The summed E-state index contributed by atoms with van der Waals surface area (Å²) in [7, 11) is 0. The summed E-state index contributed by atoms with van der Waals surface area (Å²) in [5.41, 5.74) is -0.681. The Labute approximate surface area is 174 Å². The van der Waals surface area contributed by atoms with Crippen molar-refractivity contribution in [3.05, 3.63) is 70.9 Å². The molecule has 4 nitrogen and oxygen atoms in total. The molecule has 3 rings (SSSR count). The number of benzene rings is 2. The minimum atomic E-state index is -0.979. The monoisotopic (exact) mass is 415 g/mol. The van der Waals surface area contributed by atoms with E-state index in [0.717, 1.165) is 6.26 Å². The fraction of sp³-hybridized carbons (Fsp3) is 0.273. The van der Waals surface area contributed by atoms with E-state index in [4.69, 9.17) is 32.7 Å². The summed E-state index contributed by atoms with van der Waals surface area (Å²) in [4.78, 5) is 12.8. The standard InChI is InChI=1S/C22H19Cl2NO3/c1-21(2)14-22(21,20(26)27-13-19(23)24)18(12-25)15-7-6-10-17(11-15)28-16-8-4-3-5-9-16/h3-11,13,18H,14H2,1-2H3/t18?,22-/m0/s1. The third kappa shape index (κ3) is 3.87. The molecule has 0 heterocycles. The van der Waals surface area contributed by atoms with Crippen molar-refractivity contribution in [2.45, 2.75) is 26.2 Å². The van der Waals surface area contributed by atoms with Gasteiger partial charge in [-0.25, -0.2) is 0 Å². The summed E-state index contributed by atoms with van der Waals surface area (Å²) in [6, 6.07) is 18.9. The first-order chi connectivity index (χ1) is 13.3. The number of para-hydroxylation sites is 1. The van der Waals surface area contributed by atoms with Crippen LogP contribution in [0.1, 0.15) is 31.7 Å². The molecule has 144 valence electrons. The minimum Gasteiger partial charge on any atom is -0.457 e. The van der Waals surface area contributed by atoms with Gasteiger partial charge in [0.15, 0.2) is 0 Å². The second-order valence-electron chi connectivity index (χ2n) is 7.39. The molecule has 0 amide bonds. The van der Waals surface area contributed by atoms with E-state index in [2.05, 4.69) is 6.07 Å². The fourth-order valence-corrected chi connectivity index (χ4v) is 3.76. The third-order valence-corrected chi connectivity index (χ3v) is 5.39. The van der Waals surface area contributed by atoms with Gasteiger partial charge in [-0.1, -0.05) is 67.4 Å². The van der Waals surface area contributed by atoms with Crippen LogP contribution in [0, 0.1) is 22.2 Å². The van der Waals surface area contributed by atoms with Gasteiger partial charge >= 0.3 is 5.97 Å². The van der Waals surface area contributed by atoms with Gasteiger partial charge in [0.1, 0.15) is 22.3 Å². The predicted molar refractivity (Wildman–Crippen MR) is 108 cm³/mol.